The molecule has 0 aliphatic heterocycles. The lowest BCUT2D eigenvalue weighted by molar-refractivity contribution is -0.166. The summed E-state index contributed by atoms with van der Waals surface area (Å²) in [5.41, 5.74) is 0. The van der Waals surface area contributed by atoms with Crippen LogP contribution < -0.4 is 21.3 Å². The van der Waals surface area contributed by atoms with E-state index in [4.69, 9.17) is 18.9 Å². The van der Waals surface area contributed by atoms with E-state index in [2.05, 4.69) is 21.3 Å². The van der Waals surface area contributed by atoms with E-state index in [0.717, 1.165) is 0 Å². The average Bonchev–Trinajstić information content (AvgIpc) is 2.69. The molecule has 0 saturated heterocycles. The van der Waals surface area contributed by atoms with Crippen LogP contribution >= 0.6 is 0 Å². The standard InChI is InChI=1S/C20H38N4O8/c1-5-7-17(25)29-15(3)31-19(27)23-13-11-21-9-10-22-12-14-24-20(28)32-16(4)30-18(26)8-6-2/h15-16,21-22H,5-14H2,1-4H3,(H,23,27)(H,24,28)/t15-,16-/m0/s1. The van der Waals surface area contributed by atoms with Gasteiger partial charge in [-0.3, -0.25) is 9.59 Å². The van der Waals surface area contributed by atoms with Gasteiger partial charge in [0, 0.05) is 66.0 Å². The number of carbonyl (C=O) groups is 4. The molecular weight excluding hydrogens is 424 g/mol. The molecule has 0 fully saturated rings. The number of hydrogen-bond acceptors (Lipinski definition) is 10. The quantitative estimate of drug-likeness (QED) is 0.140. The smallest absolute Gasteiger partial charge is 0.410 e. The van der Waals surface area contributed by atoms with Gasteiger partial charge in [-0.1, -0.05) is 13.8 Å². The van der Waals surface area contributed by atoms with Crippen molar-refractivity contribution >= 4 is 24.1 Å². The molecule has 2 atom stereocenters. The Morgan fingerprint density at radius 3 is 1.28 bits per heavy atom. The van der Waals surface area contributed by atoms with E-state index < -0.39 is 36.7 Å². The van der Waals surface area contributed by atoms with Crippen molar-refractivity contribution in [1.82, 2.24) is 21.3 Å². The predicted molar refractivity (Wildman–Crippen MR) is 116 cm³/mol. The minimum Gasteiger partial charge on any atom is -0.425 e. The van der Waals surface area contributed by atoms with Crippen LogP contribution in [0.3, 0.4) is 0 Å². The highest BCUT2D eigenvalue weighted by molar-refractivity contribution is 5.71. The van der Waals surface area contributed by atoms with Crippen molar-refractivity contribution < 1.29 is 38.1 Å². The fourth-order valence-corrected chi connectivity index (χ4v) is 2.26. The maximum absolute atomic E-state index is 11.6. The number of rotatable bonds is 17. The number of nitrogens with one attached hydrogen (secondary N) is 4. The summed E-state index contributed by atoms with van der Waals surface area (Å²) >= 11 is 0. The summed E-state index contributed by atoms with van der Waals surface area (Å²) in [6.07, 6.45) is -1.29. The molecule has 0 saturated carbocycles. The van der Waals surface area contributed by atoms with Crippen LogP contribution in [0.1, 0.15) is 53.4 Å². The van der Waals surface area contributed by atoms with Crippen molar-refractivity contribution in [1.29, 1.82) is 0 Å². The zero-order valence-corrected chi connectivity index (χ0v) is 19.5. The Morgan fingerprint density at radius 1 is 0.594 bits per heavy atom. The molecule has 32 heavy (non-hydrogen) atoms. The van der Waals surface area contributed by atoms with Gasteiger partial charge >= 0.3 is 24.1 Å². The van der Waals surface area contributed by atoms with Crippen molar-refractivity contribution in [2.75, 3.05) is 39.3 Å². The van der Waals surface area contributed by atoms with Crippen LogP contribution in [0.15, 0.2) is 0 Å². The Kier molecular flexibility index (Phi) is 17.6. The minimum atomic E-state index is -0.934. The lowest BCUT2D eigenvalue weighted by Gasteiger charge is -2.15. The zero-order chi connectivity index (χ0) is 24.2. The summed E-state index contributed by atoms with van der Waals surface area (Å²) in [7, 11) is 0. The van der Waals surface area contributed by atoms with Gasteiger partial charge in [0.1, 0.15) is 0 Å². The van der Waals surface area contributed by atoms with Crippen LogP contribution in [-0.4, -0.2) is 76.0 Å². The summed E-state index contributed by atoms with van der Waals surface area (Å²) in [5.74, 6) is -0.812. The van der Waals surface area contributed by atoms with E-state index >= 15 is 0 Å². The Balaban J connectivity index is 3.55. The molecule has 12 heteroatoms. The molecule has 0 heterocycles. The van der Waals surface area contributed by atoms with Crippen molar-refractivity contribution in [3.8, 4) is 0 Å². The Labute approximate surface area is 189 Å². The minimum absolute atomic E-state index is 0.281. The van der Waals surface area contributed by atoms with Gasteiger partial charge in [0.2, 0.25) is 12.6 Å². The van der Waals surface area contributed by atoms with E-state index in [1.54, 1.807) is 0 Å². The van der Waals surface area contributed by atoms with Crippen molar-refractivity contribution in [3.05, 3.63) is 0 Å². The van der Waals surface area contributed by atoms with Crippen LogP contribution in [0.2, 0.25) is 0 Å². The average molecular weight is 463 g/mol. The number of ether oxygens (including phenoxy) is 4. The largest absolute Gasteiger partial charge is 0.425 e. The van der Waals surface area contributed by atoms with Crippen LogP contribution in [0.25, 0.3) is 0 Å². The molecule has 0 aromatic rings. The molecule has 0 aromatic heterocycles. The summed E-state index contributed by atoms with van der Waals surface area (Å²) < 4.78 is 19.6. The third kappa shape index (κ3) is 18.2. The maximum Gasteiger partial charge on any atom is 0.410 e. The third-order valence-corrected chi connectivity index (χ3v) is 3.67. The van der Waals surface area contributed by atoms with Crippen molar-refractivity contribution in [3.63, 3.8) is 0 Å². The number of alkyl carbamates (subject to hydrolysis) is 2. The SMILES string of the molecule is CCCC(=O)O[C@H](C)OC(=O)NCCNCCNCCNC(=O)O[C@@H](C)OC(=O)CCC. The first-order chi connectivity index (χ1) is 15.3. The van der Waals surface area contributed by atoms with E-state index in [1.165, 1.54) is 13.8 Å². The number of carbonyl (C=O) groups excluding carboxylic acids is 4. The van der Waals surface area contributed by atoms with Crippen LogP contribution in [0.5, 0.6) is 0 Å². The van der Waals surface area contributed by atoms with Gasteiger partial charge in [-0.25, -0.2) is 9.59 Å². The van der Waals surface area contributed by atoms with E-state index in [0.29, 0.717) is 52.1 Å². The first-order valence-electron chi connectivity index (χ1n) is 11.0. The highest BCUT2D eigenvalue weighted by Gasteiger charge is 2.14. The van der Waals surface area contributed by atoms with Crippen LogP contribution in [0, 0.1) is 0 Å². The van der Waals surface area contributed by atoms with Crippen LogP contribution in [0.4, 0.5) is 9.59 Å². The molecule has 12 nitrogen and oxygen atoms in total. The first-order valence-corrected chi connectivity index (χ1v) is 11.0. The second-order valence-corrected chi connectivity index (χ2v) is 6.78. The molecule has 0 bridgehead atoms. The van der Waals surface area contributed by atoms with E-state index in [-0.39, 0.29) is 12.8 Å². The molecule has 0 unspecified atom stereocenters. The lowest BCUT2D eigenvalue weighted by Crippen LogP contribution is -2.38. The second-order valence-electron chi connectivity index (χ2n) is 6.78. The fraction of sp³-hybridized carbons (Fsp3) is 0.800. The highest BCUT2D eigenvalue weighted by Crippen LogP contribution is 2.00. The zero-order valence-electron chi connectivity index (χ0n) is 19.5. The molecule has 0 aromatic carbocycles. The summed E-state index contributed by atoms with van der Waals surface area (Å²) in [4.78, 5) is 45.7. The molecule has 2 amide bonds. The Bertz CT molecular complexity index is 514. The van der Waals surface area contributed by atoms with Gasteiger partial charge < -0.3 is 40.2 Å². The van der Waals surface area contributed by atoms with Crippen molar-refractivity contribution in [2.45, 2.75) is 66.0 Å². The van der Waals surface area contributed by atoms with E-state index in [9.17, 15) is 19.2 Å². The topological polar surface area (TPSA) is 153 Å². The third-order valence-electron chi connectivity index (χ3n) is 3.67. The van der Waals surface area contributed by atoms with Gasteiger partial charge in [-0.15, -0.1) is 0 Å². The van der Waals surface area contributed by atoms with Gasteiger partial charge in [0.15, 0.2) is 0 Å². The van der Waals surface area contributed by atoms with Gasteiger partial charge in [-0.05, 0) is 12.8 Å². The van der Waals surface area contributed by atoms with E-state index in [1.807, 2.05) is 13.8 Å². The first kappa shape index (κ1) is 29.4. The monoisotopic (exact) mass is 462 g/mol. The summed E-state index contributed by atoms with van der Waals surface area (Å²) in [5, 5.41) is 11.3. The molecule has 0 radical (unpaired) electrons. The highest BCUT2D eigenvalue weighted by atomic mass is 16.7. The Hall–Kier alpha value is -2.60. The normalized spacial score (nSPS) is 12.2. The maximum atomic E-state index is 11.6. The van der Waals surface area contributed by atoms with Gasteiger partial charge in [0.25, 0.3) is 0 Å². The number of amides is 2. The molecule has 0 aliphatic rings. The molecule has 0 aliphatic carbocycles. The summed E-state index contributed by atoms with van der Waals surface area (Å²) in [6.45, 7) is 9.72. The number of hydrogen-bond donors (Lipinski definition) is 4. The van der Waals surface area contributed by atoms with Crippen LogP contribution in [-0.2, 0) is 28.5 Å². The lowest BCUT2D eigenvalue weighted by atomic mass is 10.3. The fourth-order valence-electron chi connectivity index (χ4n) is 2.26. The second kappa shape index (κ2) is 19.1. The van der Waals surface area contributed by atoms with Crippen molar-refractivity contribution in [2.24, 2.45) is 0 Å². The molecular formula is C20H38N4O8. The number of esters is 2. The molecule has 0 rings (SSSR count). The molecule has 0 spiro atoms. The molecule has 4 N–H and O–H groups in total. The Morgan fingerprint density at radius 2 is 0.938 bits per heavy atom. The summed E-state index contributed by atoms with van der Waals surface area (Å²) in [6, 6.07) is 0. The molecule has 186 valence electrons. The van der Waals surface area contributed by atoms with Gasteiger partial charge in [0.05, 0.1) is 0 Å². The van der Waals surface area contributed by atoms with Gasteiger partial charge in [-0.2, -0.15) is 0 Å². The predicted octanol–water partition coefficient (Wildman–Crippen LogP) is 0.997.